The largest absolute Gasteiger partial charge is 0.473 e. The predicted molar refractivity (Wildman–Crippen MR) is 54.5 cm³/mol. The molecule has 1 aliphatic heterocycles. The zero-order chi connectivity index (χ0) is 9.97. The van der Waals surface area contributed by atoms with Gasteiger partial charge in [-0.25, -0.2) is 4.68 Å². The summed E-state index contributed by atoms with van der Waals surface area (Å²) in [6, 6.07) is 1.98. The van der Waals surface area contributed by atoms with Crippen molar-refractivity contribution in [1.82, 2.24) is 15.1 Å². The quantitative estimate of drug-likeness (QED) is 0.760. The molecule has 1 saturated heterocycles. The summed E-state index contributed by atoms with van der Waals surface area (Å²) in [4.78, 5) is 0. The van der Waals surface area contributed by atoms with Crippen LogP contribution in [0.5, 0.6) is 5.88 Å². The Hall–Kier alpha value is -1.03. The van der Waals surface area contributed by atoms with Crippen LogP contribution in [0.1, 0.15) is 18.5 Å². The Morgan fingerprint density at radius 2 is 2.50 bits per heavy atom. The van der Waals surface area contributed by atoms with Crippen molar-refractivity contribution in [1.29, 1.82) is 0 Å². The molecule has 78 valence electrons. The minimum Gasteiger partial charge on any atom is -0.473 e. The monoisotopic (exact) mass is 195 g/mol. The SMILES string of the molecule is Cc1cc(OC2CCCNC2)n(C)n1. The molecule has 2 rings (SSSR count). The number of piperidine rings is 1. The molecule has 4 heteroatoms. The second-order valence-corrected chi connectivity index (χ2v) is 3.83. The number of hydrogen-bond acceptors (Lipinski definition) is 3. The van der Waals surface area contributed by atoms with E-state index in [4.69, 9.17) is 4.74 Å². The lowest BCUT2D eigenvalue weighted by molar-refractivity contribution is 0.153. The minimum atomic E-state index is 0.304. The zero-order valence-corrected chi connectivity index (χ0v) is 8.79. The smallest absolute Gasteiger partial charge is 0.212 e. The first-order valence-electron chi connectivity index (χ1n) is 5.14. The topological polar surface area (TPSA) is 39.1 Å². The maximum absolute atomic E-state index is 5.84. The molecule has 0 aromatic carbocycles. The molecular formula is C10H17N3O. The molecule has 0 saturated carbocycles. The Bertz CT molecular complexity index is 302. The fourth-order valence-electron chi connectivity index (χ4n) is 1.79. The van der Waals surface area contributed by atoms with Crippen LogP contribution in [0.2, 0.25) is 0 Å². The van der Waals surface area contributed by atoms with Crippen molar-refractivity contribution in [3.8, 4) is 5.88 Å². The number of hydrogen-bond donors (Lipinski definition) is 1. The van der Waals surface area contributed by atoms with Crippen molar-refractivity contribution < 1.29 is 4.74 Å². The second-order valence-electron chi connectivity index (χ2n) is 3.83. The summed E-state index contributed by atoms with van der Waals surface area (Å²) in [5.74, 6) is 0.871. The maximum atomic E-state index is 5.84. The molecule has 0 bridgehead atoms. The highest BCUT2D eigenvalue weighted by atomic mass is 16.5. The Labute approximate surface area is 84.3 Å². The van der Waals surface area contributed by atoms with Crippen molar-refractivity contribution in [2.75, 3.05) is 13.1 Å². The van der Waals surface area contributed by atoms with Crippen molar-refractivity contribution in [3.05, 3.63) is 11.8 Å². The van der Waals surface area contributed by atoms with E-state index in [1.165, 1.54) is 6.42 Å². The third-order valence-corrected chi connectivity index (χ3v) is 2.50. The second kappa shape index (κ2) is 4.00. The van der Waals surface area contributed by atoms with E-state index >= 15 is 0 Å². The van der Waals surface area contributed by atoms with E-state index in [-0.39, 0.29) is 0 Å². The van der Waals surface area contributed by atoms with Crippen LogP contribution in [0, 0.1) is 6.92 Å². The van der Waals surface area contributed by atoms with E-state index in [1.54, 1.807) is 4.68 Å². The van der Waals surface area contributed by atoms with Gasteiger partial charge in [0.2, 0.25) is 5.88 Å². The summed E-state index contributed by atoms with van der Waals surface area (Å²) >= 11 is 0. The standard InChI is InChI=1S/C10H17N3O/c1-8-6-10(13(2)12-8)14-9-4-3-5-11-7-9/h6,9,11H,3-5,7H2,1-2H3. The molecule has 1 aromatic rings. The average Bonchev–Trinajstić information content (AvgIpc) is 2.47. The fourth-order valence-corrected chi connectivity index (χ4v) is 1.79. The first kappa shape index (κ1) is 9.52. The van der Waals surface area contributed by atoms with Crippen LogP contribution in [0.4, 0.5) is 0 Å². The van der Waals surface area contributed by atoms with Crippen LogP contribution in [-0.4, -0.2) is 29.0 Å². The average molecular weight is 195 g/mol. The van der Waals surface area contributed by atoms with Crippen LogP contribution < -0.4 is 10.1 Å². The van der Waals surface area contributed by atoms with Crippen LogP contribution in [0.15, 0.2) is 6.07 Å². The van der Waals surface area contributed by atoms with Crippen molar-refractivity contribution >= 4 is 0 Å². The molecule has 0 aliphatic carbocycles. The summed E-state index contributed by atoms with van der Waals surface area (Å²) in [5, 5.41) is 7.57. The Morgan fingerprint density at radius 3 is 3.07 bits per heavy atom. The Balaban J connectivity index is 1.98. The molecule has 1 fully saturated rings. The Kier molecular flexibility index (Phi) is 2.72. The lowest BCUT2D eigenvalue weighted by atomic mass is 10.1. The molecule has 1 atom stereocenters. The third-order valence-electron chi connectivity index (χ3n) is 2.50. The van der Waals surface area contributed by atoms with Gasteiger partial charge in [0.15, 0.2) is 0 Å². The molecule has 1 aromatic heterocycles. The van der Waals surface area contributed by atoms with Crippen molar-refractivity contribution in [2.24, 2.45) is 7.05 Å². The molecule has 2 heterocycles. The number of nitrogens with zero attached hydrogens (tertiary/aromatic N) is 2. The summed E-state index contributed by atoms with van der Waals surface area (Å²) in [6.45, 7) is 4.04. The van der Waals surface area contributed by atoms with Gasteiger partial charge < -0.3 is 10.1 Å². The molecule has 4 nitrogen and oxygen atoms in total. The number of aryl methyl sites for hydroxylation is 2. The van der Waals surface area contributed by atoms with E-state index in [0.29, 0.717) is 6.10 Å². The molecule has 0 radical (unpaired) electrons. The van der Waals surface area contributed by atoms with Crippen LogP contribution in [-0.2, 0) is 7.05 Å². The van der Waals surface area contributed by atoms with Crippen molar-refractivity contribution in [2.45, 2.75) is 25.9 Å². The first-order chi connectivity index (χ1) is 6.75. The third kappa shape index (κ3) is 2.07. The number of ether oxygens (including phenoxy) is 1. The summed E-state index contributed by atoms with van der Waals surface area (Å²) < 4.78 is 7.64. The van der Waals surface area contributed by atoms with Crippen molar-refractivity contribution in [3.63, 3.8) is 0 Å². The highest BCUT2D eigenvalue weighted by molar-refractivity contribution is 5.14. The van der Waals surface area contributed by atoms with Crippen LogP contribution in [0.3, 0.4) is 0 Å². The van der Waals surface area contributed by atoms with E-state index in [1.807, 2.05) is 20.0 Å². The van der Waals surface area contributed by atoms with Crippen LogP contribution >= 0.6 is 0 Å². The van der Waals surface area contributed by atoms with Gasteiger partial charge in [-0.1, -0.05) is 0 Å². The van der Waals surface area contributed by atoms with Gasteiger partial charge in [0.25, 0.3) is 0 Å². The van der Waals surface area contributed by atoms with Crippen LogP contribution in [0.25, 0.3) is 0 Å². The van der Waals surface area contributed by atoms with Gasteiger partial charge in [-0.3, -0.25) is 0 Å². The van der Waals surface area contributed by atoms with E-state index < -0.39 is 0 Å². The molecule has 14 heavy (non-hydrogen) atoms. The van der Waals surface area contributed by atoms with E-state index in [0.717, 1.165) is 31.1 Å². The molecule has 1 unspecified atom stereocenters. The molecule has 1 aliphatic rings. The van der Waals surface area contributed by atoms with Gasteiger partial charge in [-0.05, 0) is 26.3 Å². The number of rotatable bonds is 2. The maximum Gasteiger partial charge on any atom is 0.212 e. The normalized spacial score (nSPS) is 22.3. The summed E-state index contributed by atoms with van der Waals surface area (Å²) in [7, 11) is 1.92. The zero-order valence-electron chi connectivity index (χ0n) is 8.79. The van der Waals surface area contributed by atoms with E-state index in [2.05, 4.69) is 10.4 Å². The highest BCUT2D eigenvalue weighted by Crippen LogP contribution is 2.15. The summed E-state index contributed by atoms with van der Waals surface area (Å²) in [6.07, 6.45) is 2.64. The fraction of sp³-hybridized carbons (Fsp3) is 0.700. The van der Waals surface area contributed by atoms with Gasteiger partial charge in [0, 0.05) is 19.7 Å². The van der Waals surface area contributed by atoms with Gasteiger partial charge in [-0.2, -0.15) is 5.10 Å². The first-order valence-corrected chi connectivity index (χ1v) is 5.14. The lowest BCUT2D eigenvalue weighted by Gasteiger charge is -2.23. The Morgan fingerprint density at radius 1 is 1.64 bits per heavy atom. The van der Waals surface area contributed by atoms with E-state index in [9.17, 15) is 0 Å². The minimum absolute atomic E-state index is 0.304. The highest BCUT2D eigenvalue weighted by Gasteiger charge is 2.15. The molecule has 1 N–H and O–H groups in total. The van der Waals surface area contributed by atoms with Gasteiger partial charge in [0.1, 0.15) is 6.10 Å². The summed E-state index contributed by atoms with van der Waals surface area (Å²) in [5.41, 5.74) is 1.01. The van der Waals surface area contributed by atoms with Gasteiger partial charge >= 0.3 is 0 Å². The number of aromatic nitrogens is 2. The molecule has 0 amide bonds. The lowest BCUT2D eigenvalue weighted by Crippen LogP contribution is -2.37. The predicted octanol–water partition coefficient (Wildman–Crippen LogP) is 0.859. The van der Waals surface area contributed by atoms with Gasteiger partial charge in [-0.15, -0.1) is 0 Å². The van der Waals surface area contributed by atoms with Gasteiger partial charge in [0.05, 0.1) is 5.69 Å². The number of nitrogens with one attached hydrogen (secondary N) is 1. The molecule has 0 spiro atoms. The molecular weight excluding hydrogens is 178 g/mol.